The van der Waals surface area contributed by atoms with Crippen LogP contribution in [0.1, 0.15) is 69.2 Å². The summed E-state index contributed by atoms with van der Waals surface area (Å²) in [4.78, 5) is 54.7. The number of aromatic carboxylic acids is 1. The molecule has 4 atom stereocenters. The second kappa shape index (κ2) is 33.2. The van der Waals surface area contributed by atoms with Gasteiger partial charge in [0.25, 0.3) is 0 Å². The molecule has 0 aliphatic carbocycles. The number of hydrogen-bond donors (Lipinski definition) is 1. The van der Waals surface area contributed by atoms with Gasteiger partial charge >= 0.3 is 36.8 Å². The molecular weight excluding hydrogens is 863 g/mol. The Hall–Kier alpha value is -0.133. The molecule has 3 aromatic heterocycles. The van der Waals surface area contributed by atoms with E-state index < -0.39 is 17.9 Å². The van der Waals surface area contributed by atoms with Gasteiger partial charge in [-0.15, -0.1) is 35.7 Å². The second-order valence-electron chi connectivity index (χ2n) is 8.45. The van der Waals surface area contributed by atoms with E-state index in [1.54, 1.807) is 27.7 Å². The Morgan fingerprint density at radius 3 is 1.39 bits per heavy atom. The van der Waals surface area contributed by atoms with Crippen LogP contribution in [-0.4, -0.2) is 90.3 Å². The van der Waals surface area contributed by atoms with Crippen molar-refractivity contribution in [3.05, 3.63) is 67.7 Å². The molecule has 0 bridgehead atoms. The van der Waals surface area contributed by atoms with Gasteiger partial charge in [-0.1, -0.05) is 11.6 Å². The van der Waals surface area contributed by atoms with Crippen molar-refractivity contribution in [2.24, 2.45) is 0 Å². The van der Waals surface area contributed by atoms with Gasteiger partial charge in [-0.2, -0.15) is 0 Å². The number of carboxylic acids is 1. The van der Waals surface area contributed by atoms with E-state index in [4.69, 9.17) is 65.7 Å². The van der Waals surface area contributed by atoms with Crippen molar-refractivity contribution in [1.29, 1.82) is 0 Å². The largest absolute Gasteiger partial charge is 1.00 e. The van der Waals surface area contributed by atoms with Crippen LogP contribution >= 0.6 is 96.1 Å². The van der Waals surface area contributed by atoms with E-state index in [0.717, 1.165) is 13.2 Å². The van der Waals surface area contributed by atoms with Gasteiger partial charge in [0.2, 0.25) is 15.9 Å². The molecule has 0 spiro atoms. The first-order valence-electron chi connectivity index (χ1n) is 13.5. The van der Waals surface area contributed by atoms with Gasteiger partial charge in [0.05, 0.1) is 35.7 Å². The summed E-state index contributed by atoms with van der Waals surface area (Å²) in [5.41, 5.74) is 1.45. The molecule has 0 aromatic carbocycles. The molecule has 1 fully saturated rings. The Labute approximate surface area is 340 Å². The topological polar surface area (TPSA) is 238 Å². The first-order valence-corrected chi connectivity index (χ1v) is 24.8. The zero-order valence-corrected chi connectivity index (χ0v) is 37.6. The van der Waals surface area contributed by atoms with Gasteiger partial charge < -0.3 is 30.3 Å². The van der Waals surface area contributed by atoms with Gasteiger partial charge in [-0.3, -0.25) is 0 Å². The monoisotopic (exact) mass is 900 g/mol. The average molecular weight is 902 g/mol. The average Bonchev–Trinajstić information content (AvgIpc) is 3.59. The van der Waals surface area contributed by atoms with Crippen molar-refractivity contribution in [3.63, 3.8) is 0 Å². The van der Waals surface area contributed by atoms with Gasteiger partial charge in [0, 0.05) is 31.8 Å². The van der Waals surface area contributed by atoms with E-state index in [9.17, 15) is 14.4 Å². The van der Waals surface area contributed by atoms with E-state index in [2.05, 4.69) is 65.6 Å². The zero-order valence-electron chi connectivity index (χ0n) is 28.2. The summed E-state index contributed by atoms with van der Waals surface area (Å²) >= 11 is 22.0. The third-order valence-corrected chi connectivity index (χ3v) is 27.1. The van der Waals surface area contributed by atoms with E-state index in [-0.39, 0.29) is 82.5 Å². The number of hydrogen-bond acceptors (Lipinski definition) is 13. The zero-order chi connectivity index (χ0) is 36.8. The van der Waals surface area contributed by atoms with Gasteiger partial charge in [0.15, 0.2) is 0 Å². The molecule has 1 aliphatic rings. The minimum atomic E-state index is -1.04. The molecular formula is C25H39Cl4LiN6O9P6. The molecule has 0 radical (unpaired) electrons. The first kappa shape index (κ1) is 57.6. The molecule has 51 heavy (non-hydrogen) atoms. The van der Waals surface area contributed by atoms with Crippen molar-refractivity contribution < 1.29 is 63.5 Å². The maximum absolute atomic E-state index is 11.2. The minimum Gasteiger partial charge on any atom is -0.870 e. The summed E-state index contributed by atoms with van der Waals surface area (Å²) < 4.78 is 14.4. The third-order valence-electron chi connectivity index (χ3n) is 4.93. The number of carboxylic acid groups (broad SMARTS) is 1. The molecule has 1 saturated heterocycles. The molecule has 4 heterocycles. The van der Waals surface area contributed by atoms with Crippen LogP contribution in [0.5, 0.6) is 0 Å². The fraction of sp³-hybridized carbons (Fsp3) is 0.400. The quantitative estimate of drug-likeness (QED) is 0.118. The summed E-state index contributed by atoms with van der Waals surface area (Å²) in [5, 5.41) is 8.72. The predicted octanol–water partition coefficient (Wildman–Crippen LogP) is 4.54. The molecule has 4 N–H and O–H groups in total. The van der Waals surface area contributed by atoms with E-state index in [1.165, 1.54) is 31.4 Å². The van der Waals surface area contributed by atoms with Crippen LogP contribution < -0.4 is 18.9 Å². The van der Waals surface area contributed by atoms with E-state index >= 15 is 0 Å². The molecule has 3 aromatic rings. The summed E-state index contributed by atoms with van der Waals surface area (Å²) in [7, 11) is 11.2. The number of esters is 2. The SMILES string of the molecule is C1CCOC1.CCOC(=O)c1cnc(Cl)nc1C.CCOC(=O)c1cnc(Cl)nc1Cl.Cc1nc(Cl)ncc1C(=O)O.O.PP(P)P(P)P.[Li+].[OH-]. The van der Waals surface area contributed by atoms with Crippen LogP contribution in [0.4, 0.5) is 0 Å². The number of ether oxygens (including phenoxy) is 3. The molecule has 1 aliphatic heterocycles. The summed E-state index contributed by atoms with van der Waals surface area (Å²) in [6, 6.07) is 0. The van der Waals surface area contributed by atoms with Crippen molar-refractivity contribution >= 4 is 114 Å². The van der Waals surface area contributed by atoms with Gasteiger partial charge in [-0.05, 0) is 89.3 Å². The van der Waals surface area contributed by atoms with E-state index in [0.29, 0.717) is 23.6 Å². The van der Waals surface area contributed by atoms with Crippen LogP contribution in [0, 0.1) is 13.8 Å². The summed E-state index contributed by atoms with van der Waals surface area (Å²) in [6.45, 7) is 9.62. The number of carbonyl (C=O) groups excluding carboxylic acids is 2. The first-order chi connectivity index (χ1) is 22.5. The van der Waals surface area contributed by atoms with Crippen molar-refractivity contribution in [1.82, 2.24) is 29.9 Å². The third kappa shape index (κ3) is 26.3. The van der Waals surface area contributed by atoms with Crippen molar-refractivity contribution in [2.45, 2.75) is 40.5 Å². The molecule has 0 amide bonds. The van der Waals surface area contributed by atoms with Crippen molar-refractivity contribution in [2.75, 3.05) is 26.4 Å². The number of carbonyl (C=O) groups is 3. The standard InChI is InChI=1S/C8H9ClN2O2.C7H6Cl2N2O2.C6H5ClN2O2.C4H8O.Li.2H2O.H8P6/c1-3-13-7(12)6-4-10-8(9)11-5(6)2;1-2-13-6(12)4-3-10-7(9)11-5(4)8;1-3-4(5(10)11)2-8-6(7)9-3;1-2-4-5-3-1;;;;1-5(2)6(3)4/h4H,3H2,1-2H3;3H,2H2,1H3;2H,1H3,(H,10,11);1-4H2;;2*1H2;1-4H2/q;;;;+1;;;/p-1. The van der Waals surface area contributed by atoms with E-state index in [1.807, 2.05) is 0 Å². The predicted molar refractivity (Wildman–Crippen MR) is 213 cm³/mol. The Bertz CT molecular complexity index is 1400. The van der Waals surface area contributed by atoms with Crippen LogP contribution in [-0.2, 0) is 14.2 Å². The fourth-order valence-electron chi connectivity index (χ4n) is 2.69. The fourth-order valence-corrected chi connectivity index (χ4v) is 3.43. The van der Waals surface area contributed by atoms with Crippen molar-refractivity contribution in [3.8, 4) is 0 Å². The van der Waals surface area contributed by atoms with Crippen LogP contribution in [0.15, 0.2) is 18.6 Å². The van der Waals surface area contributed by atoms with Crippen LogP contribution in [0.25, 0.3) is 0 Å². The van der Waals surface area contributed by atoms with Crippen LogP contribution in [0.3, 0.4) is 0 Å². The molecule has 26 heteroatoms. The number of aromatic nitrogens is 6. The minimum absolute atomic E-state index is 0. The molecule has 4 rings (SSSR count). The maximum atomic E-state index is 11.2. The molecule has 15 nitrogen and oxygen atoms in total. The van der Waals surface area contributed by atoms with Gasteiger partial charge in [-0.25, -0.2) is 44.3 Å². The maximum Gasteiger partial charge on any atom is 1.00 e. The number of aryl methyl sites for hydroxylation is 2. The molecule has 4 unspecified atom stereocenters. The normalized spacial score (nSPS) is 10.7. The molecule has 0 saturated carbocycles. The summed E-state index contributed by atoms with van der Waals surface area (Å²) in [6.07, 6.45) is 6.34. The number of halogens is 4. The number of nitrogens with zero attached hydrogens (tertiary/aromatic N) is 6. The summed E-state index contributed by atoms with van der Waals surface area (Å²) in [5.74, 6) is -2.01. The Kier molecular flexibility index (Phi) is 37.5. The smallest absolute Gasteiger partial charge is 0.870 e. The van der Waals surface area contributed by atoms with Gasteiger partial charge in [0.1, 0.15) is 10.7 Å². The van der Waals surface area contributed by atoms with Crippen LogP contribution in [0.2, 0.25) is 21.0 Å². The number of rotatable bonds is 6. The Morgan fingerprint density at radius 1 is 0.745 bits per heavy atom. The second-order valence-corrected chi connectivity index (χ2v) is 29.6. The Morgan fingerprint density at radius 2 is 1.10 bits per heavy atom. The molecule has 282 valence electrons. The Balaban J connectivity index is -0.000000277.